The third kappa shape index (κ3) is 5.38. The second-order valence-electron chi connectivity index (χ2n) is 5.54. The molecule has 1 aliphatic heterocycles. The zero-order valence-electron chi connectivity index (χ0n) is 13.4. The minimum absolute atomic E-state index is 0.0208. The number of hydrogen-bond donors (Lipinski definition) is 1. The van der Waals surface area contributed by atoms with Crippen molar-refractivity contribution in [2.75, 3.05) is 33.4 Å². The number of amides is 1. The zero-order chi connectivity index (χ0) is 17.6. The highest BCUT2D eigenvalue weighted by Gasteiger charge is 2.43. The predicted molar refractivity (Wildman–Crippen MR) is 81.7 cm³/mol. The van der Waals surface area contributed by atoms with Crippen LogP contribution in [-0.4, -0.2) is 56.4 Å². The number of carbonyl (C=O) groups is 1. The molecule has 0 aromatic heterocycles. The van der Waals surface area contributed by atoms with Gasteiger partial charge in [-0.3, -0.25) is 9.69 Å². The number of ether oxygens (including phenoxy) is 2. The number of carbonyl (C=O) groups excluding carboxylic acids is 1. The van der Waals surface area contributed by atoms with E-state index in [0.717, 1.165) is 5.56 Å². The topological polar surface area (TPSA) is 50.8 Å². The molecule has 0 saturated carbocycles. The van der Waals surface area contributed by atoms with Crippen molar-refractivity contribution < 1.29 is 27.4 Å². The summed E-state index contributed by atoms with van der Waals surface area (Å²) < 4.78 is 47.9. The van der Waals surface area contributed by atoms with Crippen LogP contribution in [0.25, 0.3) is 0 Å². The van der Waals surface area contributed by atoms with Gasteiger partial charge in [0.15, 0.2) is 6.10 Å². The first kappa shape index (κ1) is 18.5. The normalized spacial score (nSPS) is 19.1. The number of benzene rings is 1. The molecular weight excluding hydrogens is 325 g/mol. The Bertz CT molecular complexity index is 552. The zero-order valence-corrected chi connectivity index (χ0v) is 13.4. The number of morpholine rings is 1. The Morgan fingerprint density at radius 3 is 2.88 bits per heavy atom. The first-order chi connectivity index (χ1) is 11.4. The van der Waals surface area contributed by atoms with Crippen molar-refractivity contribution >= 4 is 5.91 Å². The van der Waals surface area contributed by atoms with Crippen LogP contribution in [0.4, 0.5) is 13.2 Å². The van der Waals surface area contributed by atoms with Gasteiger partial charge in [0.2, 0.25) is 5.91 Å². The third-order valence-corrected chi connectivity index (χ3v) is 3.84. The summed E-state index contributed by atoms with van der Waals surface area (Å²) in [5, 5.41) is 2.76. The third-order valence-electron chi connectivity index (χ3n) is 3.84. The monoisotopic (exact) mass is 346 g/mol. The van der Waals surface area contributed by atoms with Crippen molar-refractivity contribution in [3.05, 3.63) is 29.8 Å². The maximum Gasteiger partial charge on any atom is 0.415 e. The molecule has 1 saturated heterocycles. The van der Waals surface area contributed by atoms with Crippen molar-refractivity contribution in [2.45, 2.75) is 25.2 Å². The molecule has 0 bridgehead atoms. The summed E-state index contributed by atoms with van der Waals surface area (Å²) in [5.41, 5.74) is 0.844. The molecular formula is C16H21F3N2O3. The summed E-state index contributed by atoms with van der Waals surface area (Å²) in [4.78, 5) is 13.5. The molecule has 1 heterocycles. The fourth-order valence-corrected chi connectivity index (χ4v) is 2.49. The Morgan fingerprint density at radius 1 is 1.42 bits per heavy atom. The standard InChI is InChI=1S/C16H21F3N2O3/c1-23-13-5-3-2-4-12(13)10-20-15(22)6-7-21-8-9-24-14(11-21)16(17,18)19/h2-5,14H,6-11H2,1H3,(H,20,22). The highest BCUT2D eigenvalue weighted by molar-refractivity contribution is 5.76. The van der Waals surface area contributed by atoms with Crippen LogP contribution in [0, 0.1) is 0 Å². The smallest absolute Gasteiger partial charge is 0.415 e. The molecule has 134 valence electrons. The number of methoxy groups -OCH3 is 1. The lowest BCUT2D eigenvalue weighted by Gasteiger charge is -2.33. The number of halogens is 3. The number of nitrogens with one attached hydrogen (secondary N) is 1. The van der Waals surface area contributed by atoms with E-state index < -0.39 is 12.3 Å². The predicted octanol–water partition coefficient (Wildman–Crippen LogP) is 1.96. The van der Waals surface area contributed by atoms with E-state index in [-0.39, 0.29) is 32.0 Å². The molecule has 5 nitrogen and oxygen atoms in total. The van der Waals surface area contributed by atoms with E-state index in [2.05, 4.69) is 5.32 Å². The highest BCUT2D eigenvalue weighted by Crippen LogP contribution is 2.25. The van der Waals surface area contributed by atoms with Gasteiger partial charge >= 0.3 is 6.18 Å². The number of rotatable bonds is 6. The first-order valence-electron chi connectivity index (χ1n) is 7.69. The Labute approximate surface area is 138 Å². The molecule has 2 rings (SSSR count). The van der Waals surface area contributed by atoms with E-state index >= 15 is 0 Å². The lowest BCUT2D eigenvalue weighted by Crippen LogP contribution is -2.49. The van der Waals surface area contributed by atoms with Gasteiger partial charge < -0.3 is 14.8 Å². The Morgan fingerprint density at radius 2 is 2.17 bits per heavy atom. The van der Waals surface area contributed by atoms with Gasteiger partial charge in [-0.2, -0.15) is 13.2 Å². The molecule has 1 fully saturated rings. The number of alkyl halides is 3. The molecule has 1 N–H and O–H groups in total. The van der Waals surface area contributed by atoms with Gasteiger partial charge in [0.1, 0.15) is 5.75 Å². The Hall–Kier alpha value is -1.80. The van der Waals surface area contributed by atoms with Crippen molar-refractivity contribution in [2.24, 2.45) is 0 Å². The molecule has 1 aliphatic rings. The van der Waals surface area contributed by atoms with E-state index in [1.54, 1.807) is 18.1 Å². The maximum atomic E-state index is 12.7. The molecule has 0 aliphatic carbocycles. The van der Waals surface area contributed by atoms with E-state index in [1.165, 1.54) is 0 Å². The van der Waals surface area contributed by atoms with Crippen LogP contribution in [0.5, 0.6) is 5.75 Å². The quantitative estimate of drug-likeness (QED) is 0.856. The van der Waals surface area contributed by atoms with Crippen molar-refractivity contribution in [1.29, 1.82) is 0 Å². The number of hydrogen-bond acceptors (Lipinski definition) is 4. The molecule has 8 heteroatoms. The largest absolute Gasteiger partial charge is 0.496 e. The fraction of sp³-hybridized carbons (Fsp3) is 0.562. The minimum atomic E-state index is -4.37. The fourth-order valence-electron chi connectivity index (χ4n) is 2.49. The van der Waals surface area contributed by atoms with E-state index in [4.69, 9.17) is 9.47 Å². The molecule has 1 aromatic rings. The second-order valence-corrected chi connectivity index (χ2v) is 5.54. The van der Waals surface area contributed by atoms with E-state index in [9.17, 15) is 18.0 Å². The van der Waals surface area contributed by atoms with Crippen LogP contribution in [-0.2, 0) is 16.1 Å². The molecule has 1 atom stereocenters. The van der Waals surface area contributed by atoms with Gasteiger partial charge in [-0.25, -0.2) is 0 Å². The van der Waals surface area contributed by atoms with Crippen molar-refractivity contribution in [3.8, 4) is 5.75 Å². The second kappa shape index (κ2) is 8.34. The lowest BCUT2D eigenvalue weighted by atomic mass is 10.2. The van der Waals surface area contributed by atoms with Crippen LogP contribution in [0.15, 0.2) is 24.3 Å². The number of nitrogens with zero attached hydrogens (tertiary/aromatic N) is 1. The molecule has 1 unspecified atom stereocenters. The van der Waals surface area contributed by atoms with E-state index in [1.807, 2.05) is 18.2 Å². The summed E-state index contributed by atoms with van der Waals surface area (Å²) in [7, 11) is 1.55. The lowest BCUT2D eigenvalue weighted by molar-refractivity contribution is -0.237. The Kier molecular flexibility index (Phi) is 6.44. The van der Waals surface area contributed by atoms with Gasteiger partial charge in [-0.15, -0.1) is 0 Å². The summed E-state index contributed by atoms with van der Waals surface area (Å²) in [6, 6.07) is 7.32. The van der Waals surface area contributed by atoms with Crippen LogP contribution >= 0.6 is 0 Å². The molecule has 1 amide bonds. The SMILES string of the molecule is COc1ccccc1CNC(=O)CCN1CCOC(C(F)(F)F)C1. The van der Waals surface area contributed by atoms with Crippen LogP contribution in [0.3, 0.4) is 0 Å². The van der Waals surface area contributed by atoms with Gasteiger partial charge in [0, 0.05) is 38.2 Å². The van der Waals surface area contributed by atoms with Gasteiger partial charge in [-0.05, 0) is 6.07 Å². The summed E-state index contributed by atoms with van der Waals surface area (Å²) >= 11 is 0. The van der Waals surface area contributed by atoms with Crippen molar-refractivity contribution in [1.82, 2.24) is 10.2 Å². The first-order valence-corrected chi connectivity index (χ1v) is 7.69. The maximum absolute atomic E-state index is 12.7. The molecule has 1 aromatic carbocycles. The summed E-state index contributed by atoms with van der Waals surface area (Å²) in [6.07, 6.45) is -6.01. The highest BCUT2D eigenvalue weighted by atomic mass is 19.4. The van der Waals surface area contributed by atoms with Crippen LogP contribution in [0.2, 0.25) is 0 Å². The summed E-state index contributed by atoms with van der Waals surface area (Å²) in [5.74, 6) is 0.468. The Balaban J connectivity index is 1.75. The van der Waals surface area contributed by atoms with Gasteiger partial charge in [-0.1, -0.05) is 18.2 Å². The molecule has 0 spiro atoms. The van der Waals surface area contributed by atoms with Gasteiger partial charge in [0.25, 0.3) is 0 Å². The minimum Gasteiger partial charge on any atom is -0.496 e. The summed E-state index contributed by atoms with van der Waals surface area (Å²) in [6.45, 7) is 0.771. The van der Waals surface area contributed by atoms with Crippen molar-refractivity contribution in [3.63, 3.8) is 0 Å². The molecule has 24 heavy (non-hydrogen) atoms. The average Bonchev–Trinajstić information content (AvgIpc) is 2.58. The van der Waals surface area contributed by atoms with Gasteiger partial charge in [0.05, 0.1) is 13.7 Å². The average molecular weight is 346 g/mol. The number of para-hydroxylation sites is 1. The van der Waals surface area contributed by atoms with Crippen LogP contribution < -0.4 is 10.1 Å². The van der Waals surface area contributed by atoms with E-state index in [0.29, 0.717) is 18.8 Å². The van der Waals surface area contributed by atoms with Crippen LogP contribution in [0.1, 0.15) is 12.0 Å². The molecule has 0 radical (unpaired) electrons.